The van der Waals surface area contributed by atoms with Gasteiger partial charge < -0.3 is 0 Å². The van der Waals surface area contributed by atoms with Crippen molar-refractivity contribution < 1.29 is 19.5 Å². The first-order valence-electron chi connectivity index (χ1n) is 10.2. The van der Waals surface area contributed by atoms with Crippen molar-refractivity contribution in [1.82, 2.24) is 0 Å². The van der Waals surface area contributed by atoms with Crippen LogP contribution in [0.1, 0.15) is 6.42 Å². The minimum absolute atomic E-state index is 0. The average molecular weight is 514 g/mol. The van der Waals surface area contributed by atoms with Crippen molar-refractivity contribution in [3.63, 3.8) is 0 Å². The van der Waals surface area contributed by atoms with E-state index in [0.29, 0.717) is 0 Å². The van der Waals surface area contributed by atoms with E-state index < -0.39 is 0 Å². The van der Waals surface area contributed by atoms with Gasteiger partial charge in [0.25, 0.3) is 0 Å². The number of hydrogen-bond donors (Lipinski definition) is 0. The molecule has 4 aromatic carbocycles. The molecule has 0 amide bonds. The molecule has 3 heteroatoms. The van der Waals surface area contributed by atoms with Gasteiger partial charge in [0.2, 0.25) is 0 Å². The van der Waals surface area contributed by atoms with Crippen molar-refractivity contribution in [2.75, 3.05) is 12.3 Å². The molecule has 0 fully saturated rings. The Bertz CT molecular complexity index is 814. The van der Waals surface area contributed by atoms with Gasteiger partial charge in [-0.15, -0.1) is 0 Å². The van der Waals surface area contributed by atoms with Gasteiger partial charge in [0.05, 0.1) is 0 Å². The molecular formula is C27H26P2Ru. The molecule has 0 nitrogen and oxygen atoms in total. The molecule has 4 rings (SSSR count). The van der Waals surface area contributed by atoms with Crippen molar-refractivity contribution in [1.29, 1.82) is 0 Å². The summed E-state index contributed by atoms with van der Waals surface area (Å²) in [6.45, 7) is 0. The Balaban J connectivity index is 0.00000256. The summed E-state index contributed by atoms with van der Waals surface area (Å²) < 4.78 is 0. The molecule has 30 heavy (non-hydrogen) atoms. The van der Waals surface area contributed by atoms with Crippen molar-refractivity contribution in [3.8, 4) is 0 Å². The SMILES string of the molecule is [Ru].c1ccc(P(CCCP(c2ccccc2)c2ccccc2)c2ccccc2)cc1. The first-order chi connectivity index (χ1) is 14.4. The normalized spacial score (nSPS) is 10.7. The van der Waals surface area contributed by atoms with E-state index in [2.05, 4.69) is 121 Å². The van der Waals surface area contributed by atoms with E-state index >= 15 is 0 Å². The molecule has 0 spiro atoms. The second kappa shape index (κ2) is 12.3. The maximum Gasteiger partial charge on any atom is 0 e. The van der Waals surface area contributed by atoms with Gasteiger partial charge in [-0.25, -0.2) is 0 Å². The summed E-state index contributed by atoms with van der Waals surface area (Å²) in [4.78, 5) is 0. The molecule has 0 aliphatic heterocycles. The Labute approximate surface area is 196 Å². The van der Waals surface area contributed by atoms with Crippen LogP contribution in [-0.4, -0.2) is 12.3 Å². The van der Waals surface area contributed by atoms with E-state index in [4.69, 9.17) is 0 Å². The Morgan fingerprint density at radius 3 is 0.833 bits per heavy atom. The standard InChI is InChI=1S/C27H26P2.Ru/c1-5-14-24(15-6-1)28(25-16-7-2-8-17-25)22-13-23-29(26-18-9-3-10-19-26)27-20-11-4-12-21-27;/h1-12,14-21H,13,22-23H2;. The number of benzene rings is 4. The summed E-state index contributed by atoms with van der Waals surface area (Å²) in [5.41, 5.74) is 0. The van der Waals surface area contributed by atoms with Gasteiger partial charge >= 0.3 is 0 Å². The zero-order valence-electron chi connectivity index (χ0n) is 16.9. The fourth-order valence-electron chi connectivity index (χ4n) is 3.63. The second-order valence-corrected chi connectivity index (χ2v) is 11.7. The maximum absolute atomic E-state index is 2.30. The molecule has 0 bridgehead atoms. The minimum Gasteiger partial charge on any atom is -0.0622 e. The second-order valence-electron chi connectivity index (χ2n) is 7.00. The van der Waals surface area contributed by atoms with E-state index in [0.717, 1.165) is 0 Å². The summed E-state index contributed by atoms with van der Waals surface area (Å²) in [6.07, 6.45) is 3.72. The number of hydrogen-bond acceptors (Lipinski definition) is 0. The molecule has 0 unspecified atom stereocenters. The quantitative estimate of drug-likeness (QED) is 0.211. The summed E-state index contributed by atoms with van der Waals surface area (Å²) in [6, 6.07) is 44.3. The van der Waals surface area contributed by atoms with E-state index in [1.54, 1.807) is 0 Å². The van der Waals surface area contributed by atoms with E-state index in [-0.39, 0.29) is 35.3 Å². The molecule has 0 atom stereocenters. The minimum atomic E-state index is -0.309. The molecule has 0 N–H and O–H groups in total. The van der Waals surface area contributed by atoms with Crippen LogP contribution in [0, 0.1) is 0 Å². The molecule has 0 saturated heterocycles. The predicted molar refractivity (Wildman–Crippen MR) is 132 cm³/mol. The van der Waals surface area contributed by atoms with Gasteiger partial charge in [0, 0.05) is 19.5 Å². The molecule has 0 aromatic heterocycles. The topological polar surface area (TPSA) is 0 Å². The molecule has 0 radical (unpaired) electrons. The Kier molecular flexibility index (Phi) is 9.42. The first-order valence-corrected chi connectivity index (χ1v) is 13.2. The van der Waals surface area contributed by atoms with Crippen molar-refractivity contribution >= 4 is 37.1 Å². The van der Waals surface area contributed by atoms with E-state index in [1.165, 1.54) is 40.0 Å². The van der Waals surface area contributed by atoms with Crippen LogP contribution in [0.2, 0.25) is 0 Å². The summed E-state index contributed by atoms with van der Waals surface area (Å²) in [5.74, 6) is 0. The largest absolute Gasteiger partial charge is 0.0622 e. The van der Waals surface area contributed by atoms with E-state index in [9.17, 15) is 0 Å². The van der Waals surface area contributed by atoms with Crippen LogP contribution in [-0.2, 0) is 19.5 Å². The van der Waals surface area contributed by atoms with Gasteiger partial charge in [-0.1, -0.05) is 121 Å². The van der Waals surface area contributed by atoms with Crippen molar-refractivity contribution in [3.05, 3.63) is 121 Å². The molecular weight excluding hydrogens is 487 g/mol. The third-order valence-electron chi connectivity index (χ3n) is 5.03. The predicted octanol–water partition coefficient (Wildman–Crippen LogP) is 5.64. The third kappa shape index (κ3) is 6.19. The Hall–Kier alpha value is -1.64. The molecule has 0 aliphatic rings. The molecule has 152 valence electrons. The van der Waals surface area contributed by atoms with Crippen LogP contribution >= 0.6 is 15.8 Å². The van der Waals surface area contributed by atoms with Gasteiger partial charge in [-0.05, 0) is 55.8 Å². The van der Waals surface area contributed by atoms with Crippen LogP contribution in [0.3, 0.4) is 0 Å². The van der Waals surface area contributed by atoms with E-state index in [1.807, 2.05) is 0 Å². The van der Waals surface area contributed by atoms with Gasteiger partial charge in [0.15, 0.2) is 0 Å². The maximum atomic E-state index is 2.30. The number of rotatable bonds is 8. The Morgan fingerprint density at radius 2 is 0.600 bits per heavy atom. The summed E-state index contributed by atoms with van der Waals surface area (Å²) in [7, 11) is -0.618. The fourth-order valence-corrected chi connectivity index (χ4v) is 8.59. The molecule has 0 saturated carbocycles. The molecule has 0 aliphatic carbocycles. The van der Waals surface area contributed by atoms with Crippen molar-refractivity contribution in [2.45, 2.75) is 6.42 Å². The fraction of sp³-hybridized carbons (Fsp3) is 0.111. The average Bonchev–Trinajstić information content (AvgIpc) is 2.81. The van der Waals surface area contributed by atoms with Crippen molar-refractivity contribution in [2.24, 2.45) is 0 Å². The van der Waals surface area contributed by atoms with Gasteiger partial charge in [-0.2, -0.15) is 0 Å². The van der Waals surface area contributed by atoms with Crippen LogP contribution in [0.15, 0.2) is 121 Å². The van der Waals surface area contributed by atoms with Crippen LogP contribution in [0.5, 0.6) is 0 Å². The van der Waals surface area contributed by atoms with Gasteiger partial charge in [-0.3, -0.25) is 0 Å². The van der Waals surface area contributed by atoms with Crippen LogP contribution in [0.25, 0.3) is 0 Å². The molecule has 0 heterocycles. The molecule has 4 aromatic rings. The smallest absolute Gasteiger partial charge is 0 e. The summed E-state index contributed by atoms with van der Waals surface area (Å²) in [5, 5.41) is 5.94. The first kappa shape index (κ1) is 23.0. The third-order valence-corrected chi connectivity index (χ3v) is 10.2. The monoisotopic (exact) mass is 514 g/mol. The van der Waals surface area contributed by atoms with Gasteiger partial charge in [0.1, 0.15) is 0 Å². The summed E-state index contributed by atoms with van der Waals surface area (Å²) >= 11 is 0. The Morgan fingerprint density at radius 1 is 0.367 bits per heavy atom. The van der Waals surface area contributed by atoms with Crippen LogP contribution in [0.4, 0.5) is 0 Å². The zero-order chi connectivity index (χ0) is 19.7. The van der Waals surface area contributed by atoms with Crippen LogP contribution < -0.4 is 21.2 Å². The zero-order valence-corrected chi connectivity index (χ0v) is 20.4.